The Kier molecular flexibility index (Phi) is 4.83. The smallest absolute Gasteiger partial charge is 0.421 e. The molecule has 0 saturated heterocycles. The summed E-state index contributed by atoms with van der Waals surface area (Å²) in [5.41, 5.74) is 1.76. The summed E-state index contributed by atoms with van der Waals surface area (Å²) < 4.78 is 4.95. The van der Waals surface area contributed by atoms with Gasteiger partial charge in [0.2, 0.25) is 6.23 Å². The number of benzodiazepines with no additional fused rings is 1. The Morgan fingerprint density at radius 3 is 2.68 bits per heavy atom. The van der Waals surface area contributed by atoms with Crippen LogP contribution in [0.4, 0.5) is 10.5 Å². The van der Waals surface area contributed by atoms with Crippen LogP contribution < -0.4 is 4.90 Å². The number of aliphatic hydroxyl groups is 1. The van der Waals surface area contributed by atoms with Crippen molar-refractivity contribution in [3.63, 3.8) is 0 Å². The molecule has 6 nitrogen and oxygen atoms in total. The molecule has 2 amide bonds. The van der Waals surface area contributed by atoms with Gasteiger partial charge in [-0.25, -0.2) is 14.7 Å². The van der Waals surface area contributed by atoms with Crippen LogP contribution >= 0.6 is 11.6 Å². The second kappa shape index (κ2) is 7.04. The van der Waals surface area contributed by atoms with Crippen molar-refractivity contribution >= 4 is 35.0 Å². The molecule has 0 radical (unpaired) electrons. The predicted octanol–water partition coefficient (Wildman–Crippen LogP) is 3.00. The summed E-state index contributed by atoms with van der Waals surface area (Å²) in [5.74, 6) is -0.882. The fraction of sp³-hybridized carbons (Fsp3) is 0.167. The molecule has 0 spiro atoms. The van der Waals surface area contributed by atoms with Gasteiger partial charge in [0.25, 0.3) is 5.91 Å². The number of hydrogen-bond acceptors (Lipinski definition) is 5. The highest BCUT2D eigenvalue weighted by Crippen LogP contribution is 2.31. The lowest BCUT2D eigenvalue weighted by atomic mass is 10.0. The number of fused-ring (bicyclic) bond motifs is 1. The molecule has 2 aromatic rings. The Balaban J connectivity index is 2.23. The van der Waals surface area contributed by atoms with Crippen LogP contribution in [0.25, 0.3) is 0 Å². The van der Waals surface area contributed by atoms with Crippen molar-refractivity contribution in [3.05, 3.63) is 64.7 Å². The molecule has 2 aromatic carbocycles. The highest BCUT2D eigenvalue weighted by atomic mass is 35.5. The van der Waals surface area contributed by atoms with Crippen molar-refractivity contribution in [1.29, 1.82) is 0 Å². The van der Waals surface area contributed by atoms with Gasteiger partial charge in [0.15, 0.2) is 0 Å². The fourth-order valence-electron chi connectivity index (χ4n) is 2.58. The number of anilines is 1. The van der Waals surface area contributed by atoms with E-state index < -0.39 is 18.2 Å². The van der Waals surface area contributed by atoms with Crippen LogP contribution in [0, 0.1) is 0 Å². The van der Waals surface area contributed by atoms with Crippen molar-refractivity contribution < 1.29 is 19.4 Å². The molecule has 128 valence electrons. The van der Waals surface area contributed by atoms with E-state index in [-0.39, 0.29) is 12.3 Å². The van der Waals surface area contributed by atoms with Crippen LogP contribution in [-0.4, -0.2) is 35.7 Å². The molecule has 7 heteroatoms. The summed E-state index contributed by atoms with van der Waals surface area (Å²) >= 11 is 6.11. The van der Waals surface area contributed by atoms with Crippen LogP contribution in [0.2, 0.25) is 5.02 Å². The molecule has 0 saturated carbocycles. The number of aliphatic imine (C=N–C) groups is 1. The summed E-state index contributed by atoms with van der Waals surface area (Å²) in [5, 5.41) is 10.6. The maximum absolute atomic E-state index is 12.5. The molecule has 0 aliphatic carbocycles. The number of nitrogens with zero attached hydrogens (tertiary/aromatic N) is 2. The Labute approximate surface area is 149 Å². The molecule has 0 bridgehead atoms. The van der Waals surface area contributed by atoms with Crippen molar-refractivity contribution in [2.45, 2.75) is 13.2 Å². The number of hydrogen-bond donors (Lipinski definition) is 1. The lowest BCUT2D eigenvalue weighted by Gasteiger charge is -2.21. The summed E-state index contributed by atoms with van der Waals surface area (Å²) in [6, 6.07) is 13.7. The first-order valence-corrected chi connectivity index (χ1v) is 8.02. The van der Waals surface area contributed by atoms with Gasteiger partial charge in [-0.3, -0.25) is 4.79 Å². The third-order valence-corrected chi connectivity index (χ3v) is 3.88. The van der Waals surface area contributed by atoms with Gasteiger partial charge in [0.1, 0.15) is 0 Å². The summed E-state index contributed by atoms with van der Waals surface area (Å²) in [6.45, 7) is 1.72. The van der Waals surface area contributed by atoms with E-state index in [1.54, 1.807) is 31.2 Å². The first kappa shape index (κ1) is 17.1. The van der Waals surface area contributed by atoms with Gasteiger partial charge in [0.05, 0.1) is 18.0 Å². The third kappa shape index (κ3) is 3.26. The third-order valence-electron chi connectivity index (χ3n) is 3.64. The van der Waals surface area contributed by atoms with E-state index >= 15 is 0 Å². The van der Waals surface area contributed by atoms with Crippen LogP contribution in [0.3, 0.4) is 0 Å². The monoisotopic (exact) mass is 358 g/mol. The SMILES string of the molecule is CCOC(=O)N1C(=O)C(O)N=C(c2ccccc2)c2cc(Cl)ccc21. The maximum Gasteiger partial charge on any atom is 0.421 e. The normalized spacial score (nSPS) is 16.8. The van der Waals surface area contributed by atoms with Gasteiger partial charge < -0.3 is 9.84 Å². The summed E-state index contributed by atoms with van der Waals surface area (Å²) in [6.07, 6.45) is -2.61. The average molecular weight is 359 g/mol. The quantitative estimate of drug-likeness (QED) is 0.895. The van der Waals surface area contributed by atoms with E-state index in [0.717, 1.165) is 4.90 Å². The van der Waals surface area contributed by atoms with Gasteiger partial charge in [-0.1, -0.05) is 41.9 Å². The van der Waals surface area contributed by atoms with E-state index in [1.165, 1.54) is 6.07 Å². The first-order chi connectivity index (χ1) is 12.0. The van der Waals surface area contributed by atoms with Gasteiger partial charge >= 0.3 is 6.09 Å². The molecule has 1 atom stereocenters. The number of ether oxygens (including phenoxy) is 1. The summed E-state index contributed by atoms with van der Waals surface area (Å²) in [4.78, 5) is 29.7. The van der Waals surface area contributed by atoms with Crippen molar-refractivity contribution in [1.82, 2.24) is 0 Å². The molecular weight excluding hydrogens is 344 g/mol. The van der Waals surface area contributed by atoms with Crippen LogP contribution in [0.15, 0.2) is 53.5 Å². The van der Waals surface area contributed by atoms with Gasteiger partial charge in [-0.2, -0.15) is 0 Å². The molecule has 1 heterocycles. The number of imide groups is 1. The minimum Gasteiger partial charge on any atom is -0.449 e. The molecule has 25 heavy (non-hydrogen) atoms. The van der Waals surface area contributed by atoms with Gasteiger partial charge in [0, 0.05) is 16.1 Å². The van der Waals surface area contributed by atoms with Crippen molar-refractivity contribution in [2.75, 3.05) is 11.5 Å². The minimum absolute atomic E-state index is 0.0913. The fourth-order valence-corrected chi connectivity index (χ4v) is 2.75. The van der Waals surface area contributed by atoms with E-state index in [4.69, 9.17) is 16.3 Å². The zero-order chi connectivity index (χ0) is 18.0. The van der Waals surface area contributed by atoms with Gasteiger partial charge in [-0.05, 0) is 25.1 Å². The second-order valence-electron chi connectivity index (χ2n) is 5.25. The molecule has 1 aliphatic heterocycles. The molecule has 0 fully saturated rings. The van der Waals surface area contributed by atoms with Crippen LogP contribution in [0.5, 0.6) is 0 Å². The van der Waals surface area contributed by atoms with Crippen LogP contribution in [0.1, 0.15) is 18.1 Å². The lowest BCUT2D eigenvalue weighted by molar-refractivity contribution is -0.125. The zero-order valence-corrected chi connectivity index (χ0v) is 14.1. The Morgan fingerprint density at radius 2 is 2.00 bits per heavy atom. The standard InChI is InChI=1S/C18H15ClN2O4/c1-2-25-18(24)21-14-9-8-12(19)10-13(14)15(20-16(22)17(21)23)11-6-4-3-5-7-11/h3-10,16,22H,2H2,1H3. The number of rotatable bonds is 2. The number of carbonyl (C=O) groups excluding carboxylic acids is 2. The van der Waals surface area contributed by atoms with Crippen molar-refractivity contribution in [2.24, 2.45) is 4.99 Å². The molecule has 1 unspecified atom stereocenters. The maximum atomic E-state index is 12.5. The second-order valence-corrected chi connectivity index (χ2v) is 5.69. The molecule has 3 rings (SSSR count). The number of benzene rings is 2. The molecule has 1 N–H and O–H groups in total. The predicted molar refractivity (Wildman–Crippen MR) is 94.0 cm³/mol. The summed E-state index contributed by atoms with van der Waals surface area (Å²) in [7, 11) is 0. The topological polar surface area (TPSA) is 79.2 Å². The number of carbonyl (C=O) groups is 2. The average Bonchev–Trinajstić information content (AvgIpc) is 2.71. The minimum atomic E-state index is -1.73. The number of aliphatic hydroxyl groups excluding tert-OH is 1. The highest BCUT2D eigenvalue weighted by molar-refractivity contribution is 6.32. The van der Waals surface area contributed by atoms with E-state index in [9.17, 15) is 14.7 Å². The Bertz CT molecular complexity index is 851. The largest absolute Gasteiger partial charge is 0.449 e. The highest BCUT2D eigenvalue weighted by Gasteiger charge is 2.35. The Hall–Kier alpha value is -2.70. The lowest BCUT2D eigenvalue weighted by Crippen LogP contribution is -2.42. The molecule has 1 aliphatic rings. The van der Waals surface area contributed by atoms with Crippen molar-refractivity contribution in [3.8, 4) is 0 Å². The van der Waals surface area contributed by atoms with E-state index in [1.807, 2.05) is 18.2 Å². The van der Waals surface area contributed by atoms with E-state index in [0.29, 0.717) is 21.9 Å². The molecule has 0 aromatic heterocycles. The first-order valence-electron chi connectivity index (χ1n) is 7.65. The Morgan fingerprint density at radius 1 is 1.28 bits per heavy atom. The van der Waals surface area contributed by atoms with Gasteiger partial charge in [-0.15, -0.1) is 0 Å². The zero-order valence-electron chi connectivity index (χ0n) is 13.3. The van der Waals surface area contributed by atoms with E-state index in [2.05, 4.69) is 4.99 Å². The molecular formula is C18H15ClN2O4. The van der Waals surface area contributed by atoms with Crippen LogP contribution in [-0.2, 0) is 9.53 Å². The number of amides is 2. The number of halogens is 1.